The van der Waals surface area contributed by atoms with Crippen molar-refractivity contribution in [2.24, 2.45) is 0 Å². The standard InChI is InChI=1S/C17H12N6O7S/c1-29-14-8-11(23(24)25)6-7-13(14)21-19-17(20-22(21)16-9-30-10-18-16)12-4-2-3-5-15(12)31(26,27)28/h2-10H,1H3/p+1. The predicted octanol–water partition coefficient (Wildman–Crippen LogP) is 1.36. The van der Waals surface area contributed by atoms with Crippen molar-refractivity contribution in [3.05, 3.63) is 65.2 Å². The number of methoxy groups -OCH3 is 1. The van der Waals surface area contributed by atoms with Crippen molar-refractivity contribution in [3.63, 3.8) is 0 Å². The van der Waals surface area contributed by atoms with Gasteiger partial charge in [0.25, 0.3) is 28.0 Å². The second kappa shape index (κ2) is 7.58. The quantitative estimate of drug-likeness (QED) is 0.198. The van der Waals surface area contributed by atoms with Gasteiger partial charge in [0, 0.05) is 11.2 Å². The van der Waals surface area contributed by atoms with E-state index in [2.05, 4.69) is 15.2 Å². The second-order valence-corrected chi connectivity index (χ2v) is 7.42. The summed E-state index contributed by atoms with van der Waals surface area (Å²) in [5, 5.41) is 19.7. The Labute approximate surface area is 174 Å². The number of ether oxygens (including phenoxy) is 1. The van der Waals surface area contributed by atoms with Crippen LogP contribution in [0.5, 0.6) is 5.75 Å². The van der Waals surface area contributed by atoms with E-state index in [0.29, 0.717) is 0 Å². The monoisotopic (exact) mass is 445 g/mol. The number of nitro benzene ring substituents is 1. The topological polar surface area (TPSA) is 167 Å². The van der Waals surface area contributed by atoms with Gasteiger partial charge in [-0.15, -0.1) is 0 Å². The Hall–Kier alpha value is -4.17. The van der Waals surface area contributed by atoms with Gasteiger partial charge in [0.05, 0.1) is 23.7 Å². The van der Waals surface area contributed by atoms with Crippen molar-refractivity contribution in [1.29, 1.82) is 0 Å². The Morgan fingerprint density at radius 3 is 2.68 bits per heavy atom. The van der Waals surface area contributed by atoms with Crippen LogP contribution in [0.2, 0.25) is 0 Å². The smallest absolute Gasteiger partial charge is 0.344 e. The molecule has 0 aliphatic heterocycles. The molecule has 0 spiro atoms. The molecule has 0 atom stereocenters. The Morgan fingerprint density at radius 1 is 1.26 bits per heavy atom. The van der Waals surface area contributed by atoms with Gasteiger partial charge < -0.3 is 9.15 Å². The van der Waals surface area contributed by atoms with Crippen LogP contribution in [0.3, 0.4) is 0 Å². The van der Waals surface area contributed by atoms with Crippen molar-refractivity contribution in [2.45, 2.75) is 4.90 Å². The van der Waals surface area contributed by atoms with Crippen LogP contribution in [-0.2, 0) is 10.1 Å². The second-order valence-electron chi connectivity index (χ2n) is 6.03. The van der Waals surface area contributed by atoms with E-state index >= 15 is 0 Å². The molecule has 31 heavy (non-hydrogen) atoms. The summed E-state index contributed by atoms with van der Waals surface area (Å²) in [7, 11) is -3.24. The highest BCUT2D eigenvalue weighted by Crippen LogP contribution is 2.28. The molecule has 0 bridgehead atoms. The number of hydrogen-bond acceptors (Lipinski definition) is 9. The van der Waals surface area contributed by atoms with Crippen LogP contribution < -0.4 is 9.53 Å². The molecule has 0 amide bonds. The molecule has 4 rings (SSSR count). The van der Waals surface area contributed by atoms with Gasteiger partial charge in [-0.2, -0.15) is 8.42 Å². The van der Waals surface area contributed by atoms with E-state index in [1.807, 2.05) is 0 Å². The summed E-state index contributed by atoms with van der Waals surface area (Å²) in [5.41, 5.74) is 0.0757. The lowest BCUT2D eigenvalue weighted by Gasteiger charge is -2.05. The van der Waals surface area contributed by atoms with E-state index in [1.54, 1.807) is 6.07 Å². The van der Waals surface area contributed by atoms with Crippen molar-refractivity contribution < 1.29 is 31.8 Å². The minimum Gasteiger partial charge on any atom is -0.494 e. The van der Waals surface area contributed by atoms with E-state index in [4.69, 9.17) is 9.15 Å². The highest BCUT2D eigenvalue weighted by Gasteiger charge is 2.29. The Balaban J connectivity index is 1.98. The first kappa shape index (κ1) is 20.1. The Morgan fingerprint density at radius 2 is 2.03 bits per heavy atom. The Bertz CT molecular complexity index is 1380. The third kappa shape index (κ3) is 3.72. The lowest BCUT2D eigenvalue weighted by Crippen LogP contribution is -2.43. The number of oxazole rings is 1. The number of hydrogen-bond donors (Lipinski definition) is 1. The van der Waals surface area contributed by atoms with E-state index in [0.717, 1.165) is 6.39 Å². The minimum absolute atomic E-state index is 0.0295. The molecule has 4 aromatic rings. The van der Waals surface area contributed by atoms with E-state index in [-0.39, 0.29) is 34.3 Å². The molecule has 0 fully saturated rings. The molecule has 2 aromatic heterocycles. The molecule has 0 aliphatic carbocycles. The molecule has 0 unspecified atom stereocenters. The van der Waals surface area contributed by atoms with Crippen LogP contribution in [0, 0.1) is 10.1 Å². The van der Waals surface area contributed by atoms with E-state index in [9.17, 15) is 23.1 Å². The molecule has 14 heteroatoms. The van der Waals surface area contributed by atoms with E-state index < -0.39 is 19.9 Å². The summed E-state index contributed by atoms with van der Waals surface area (Å²) in [6.45, 7) is 0. The minimum atomic E-state index is -4.56. The molecule has 0 saturated heterocycles. The molecule has 0 radical (unpaired) electrons. The van der Waals surface area contributed by atoms with Crippen molar-refractivity contribution in [3.8, 4) is 28.6 Å². The fraction of sp³-hybridized carbons (Fsp3) is 0.0588. The predicted molar refractivity (Wildman–Crippen MR) is 101 cm³/mol. The lowest BCUT2D eigenvalue weighted by molar-refractivity contribution is -0.737. The number of aromatic nitrogens is 5. The number of non-ortho nitro benzene ring substituents is 1. The molecular formula is C17H13N6O7S+. The highest BCUT2D eigenvalue weighted by molar-refractivity contribution is 7.86. The summed E-state index contributed by atoms with van der Waals surface area (Å²) < 4.78 is 43.4. The maximum atomic E-state index is 11.8. The first-order valence-electron chi connectivity index (χ1n) is 8.47. The SMILES string of the molecule is COc1cc([N+](=O)[O-])ccc1-n1nc(-c2ccccc2S(=O)(=O)O)n[n+]1-c1cocn1. The van der Waals surface area contributed by atoms with Gasteiger partial charge in [-0.05, 0) is 32.9 Å². The van der Waals surface area contributed by atoms with Gasteiger partial charge in [-0.3, -0.25) is 14.7 Å². The third-order valence-electron chi connectivity index (χ3n) is 4.18. The van der Waals surface area contributed by atoms with Crippen LogP contribution in [0.4, 0.5) is 5.69 Å². The molecule has 2 heterocycles. The highest BCUT2D eigenvalue weighted by atomic mass is 32.2. The van der Waals surface area contributed by atoms with Crippen LogP contribution in [-0.4, -0.2) is 45.0 Å². The van der Waals surface area contributed by atoms with Gasteiger partial charge in [-0.1, -0.05) is 17.1 Å². The number of nitro groups is 1. The molecule has 0 aliphatic rings. The number of rotatable bonds is 6. The van der Waals surface area contributed by atoms with Gasteiger partial charge >= 0.3 is 5.82 Å². The Kier molecular flexibility index (Phi) is 4.92. The zero-order valence-corrected chi connectivity index (χ0v) is 16.5. The van der Waals surface area contributed by atoms with Crippen LogP contribution in [0.25, 0.3) is 22.9 Å². The number of tetrazole rings is 1. The summed E-state index contributed by atoms with van der Waals surface area (Å²) in [6, 6.07) is 9.46. The van der Waals surface area contributed by atoms with Gasteiger partial charge in [-0.25, -0.2) is 0 Å². The first-order valence-corrected chi connectivity index (χ1v) is 9.91. The molecular weight excluding hydrogens is 432 g/mol. The fourth-order valence-electron chi connectivity index (χ4n) is 2.82. The normalized spacial score (nSPS) is 11.4. The molecule has 1 N–H and O–H groups in total. The zero-order chi connectivity index (χ0) is 22.2. The van der Waals surface area contributed by atoms with Crippen molar-refractivity contribution in [1.82, 2.24) is 20.0 Å². The first-order chi connectivity index (χ1) is 14.8. The summed E-state index contributed by atoms with van der Waals surface area (Å²) >= 11 is 0. The average molecular weight is 445 g/mol. The third-order valence-corrected chi connectivity index (χ3v) is 5.09. The molecule has 2 aromatic carbocycles. The maximum absolute atomic E-state index is 11.8. The van der Waals surface area contributed by atoms with Crippen LogP contribution >= 0.6 is 0 Å². The maximum Gasteiger partial charge on any atom is 0.344 e. The molecule has 158 valence electrons. The number of benzene rings is 2. The summed E-state index contributed by atoms with van der Waals surface area (Å²) in [4.78, 5) is 16.5. The number of nitrogens with zero attached hydrogens (tertiary/aromatic N) is 6. The van der Waals surface area contributed by atoms with Crippen molar-refractivity contribution >= 4 is 15.8 Å². The molecule has 0 saturated carbocycles. The molecule has 13 nitrogen and oxygen atoms in total. The summed E-state index contributed by atoms with van der Waals surface area (Å²) in [5.74, 6) is 0.214. The van der Waals surface area contributed by atoms with Crippen LogP contribution in [0.15, 0.2) is 64.4 Å². The van der Waals surface area contributed by atoms with Crippen molar-refractivity contribution in [2.75, 3.05) is 7.11 Å². The lowest BCUT2D eigenvalue weighted by atomic mass is 10.2. The van der Waals surface area contributed by atoms with Crippen LogP contribution in [0.1, 0.15) is 0 Å². The van der Waals surface area contributed by atoms with Gasteiger partial charge in [0.15, 0.2) is 17.7 Å². The zero-order valence-electron chi connectivity index (χ0n) is 15.7. The van der Waals surface area contributed by atoms with Gasteiger partial charge in [0.1, 0.15) is 4.90 Å². The van der Waals surface area contributed by atoms with E-state index in [1.165, 1.54) is 59.4 Å². The summed E-state index contributed by atoms with van der Waals surface area (Å²) in [6.07, 6.45) is 2.42. The largest absolute Gasteiger partial charge is 0.494 e. The average Bonchev–Trinajstić information content (AvgIpc) is 3.42. The van der Waals surface area contributed by atoms with Gasteiger partial charge in [0.2, 0.25) is 0 Å². The fourth-order valence-corrected chi connectivity index (χ4v) is 3.51.